The summed E-state index contributed by atoms with van der Waals surface area (Å²) in [6, 6.07) is 9.45. The Labute approximate surface area is 135 Å². The number of amides is 1. The minimum atomic E-state index is -1.31. The van der Waals surface area contributed by atoms with E-state index < -0.39 is 17.4 Å². The smallest absolute Gasteiger partial charge is 0.329 e. The highest BCUT2D eigenvalue weighted by Gasteiger charge is 2.36. The van der Waals surface area contributed by atoms with E-state index in [0.29, 0.717) is 0 Å². The summed E-state index contributed by atoms with van der Waals surface area (Å²) in [5.74, 6) is -1.49. The van der Waals surface area contributed by atoms with Gasteiger partial charge in [-0.2, -0.15) is 5.10 Å². The molecule has 1 aromatic carbocycles. The minimum absolute atomic E-state index is 0.222. The molecular weight excluding hydrogens is 294 g/mol. The summed E-state index contributed by atoms with van der Waals surface area (Å²) >= 11 is 0. The monoisotopic (exact) mass is 315 g/mol. The predicted octanol–water partition coefficient (Wildman–Crippen LogP) is 2.42. The topological polar surface area (TPSA) is 75.4 Å². The molecule has 0 fully saturated rings. The molecule has 6 heteroatoms. The zero-order valence-corrected chi connectivity index (χ0v) is 14.0. The fourth-order valence-corrected chi connectivity index (χ4v) is 2.10. The highest BCUT2D eigenvalue weighted by molar-refractivity contribution is 5.96. The van der Waals surface area contributed by atoms with Crippen molar-refractivity contribution in [3.05, 3.63) is 47.3 Å². The number of nitrogens with zero attached hydrogens (tertiary/aromatic N) is 3. The van der Waals surface area contributed by atoms with Crippen LogP contribution in [0.2, 0.25) is 0 Å². The second-order valence-electron chi connectivity index (χ2n) is 6.15. The molecule has 0 saturated heterocycles. The number of carbonyl (C=O) groups is 2. The van der Waals surface area contributed by atoms with Gasteiger partial charge in [-0.1, -0.05) is 17.7 Å². The van der Waals surface area contributed by atoms with Gasteiger partial charge in [-0.15, -0.1) is 0 Å². The fourth-order valence-electron chi connectivity index (χ4n) is 2.10. The number of aromatic nitrogens is 2. The summed E-state index contributed by atoms with van der Waals surface area (Å²) in [6.45, 7) is 6.82. The number of carboxylic acids is 1. The lowest BCUT2D eigenvalue weighted by molar-refractivity contribution is -0.147. The Balaban J connectivity index is 2.35. The molecule has 0 spiro atoms. The molecule has 0 aliphatic rings. The van der Waals surface area contributed by atoms with Crippen molar-refractivity contribution >= 4 is 11.9 Å². The molecule has 0 aliphatic heterocycles. The lowest BCUT2D eigenvalue weighted by Crippen LogP contribution is -2.50. The van der Waals surface area contributed by atoms with E-state index in [1.807, 2.05) is 38.1 Å². The summed E-state index contributed by atoms with van der Waals surface area (Å²) in [4.78, 5) is 25.0. The van der Waals surface area contributed by atoms with Gasteiger partial charge in [0, 0.05) is 12.7 Å². The molecule has 0 atom stereocenters. The Morgan fingerprint density at radius 1 is 1.17 bits per heavy atom. The van der Waals surface area contributed by atoms with Gasteiger partial charge in [0.25, 0.3) is 5.91 Å². The molecule has 6 nitrogen and oxygen atoms in total. The number of hydrogen-bond acceptors (Lipinski definition) is 3. The minimum Gasteiger partial charge on any atom is -0.480 e. The highest BCUT2D eigenvalue weighted by atomic mass is 16.4. The first-order chi connectivity index (χ1) is 10.6. The van der Waals surface area contributed by atoms with Crippen LogP contribution in [-0.4, -0.2) is 44.3 Å². The van der Waals surface area contributed by atoms with Crippen LogP contribution in [0.25, 0.3) is 5.69 Å². The Kier molecular flexibility index (Phi) is 4.27. The first-order valence-corrected chi connectivity index (χ1v) is 7.30. The number of likely N-dealkylation sites (N-methyl/N-ethyl adjacent to an activating group) is 1. The van der Waals surface area contributed by atoms with Crippen molar-refractivity contribution in [1.29, 1.82) is 0 Å². The van der Waals surface area contributed by atoms with Gasteiger partial charge in [0.1, 0.15) is 5.54 Å². The molecule has 1 aromatic heterocycles. The van der Waals surface area contributed by atoms with Gasteiger partial charge in [-0.05, 0) is 45.9 Å². The molecule has 0 radical (unpaired) electrons. The molecular formula is C17H21N3O3. The van der Waals surface area contributed by atoms with E-state index in [4.69, 9.17) is 0 Å². The first-order valence-electron chi connectivity index (χ1n) is 7.30. The highest BCUT2D eigenvalue weighted by Crippen LogP contribution is 2.18. The molecule has 23 heavy (non-hydrogen) atoms. The van der Waals surface area contributed by atoms with Crippen molar-refractivity contribution in [3.8, 4) is 5.69 Å². The fraction of sp³-hybridized carbons (Fsp3) is 0.353. The average Bonchev–Trinajstić information content (AvgIpc) is 2.88. The van der Waals surface area contributed by atoms with Crippen LogP contribution >= 0.6 is 0 Å². The van der Waals surface area contributed by atoms with Gasteiger partial charge >= 0.3 is 5.97 Å². The first kappa shape index (κ1) is 16.7. The second-order valence-corrected chi connectivity index (χ2v) is 6.15. The van der Waals surface area contributed by atoms with Gasteiger partial charge in [0.15, 0.2) is 5.69 Å². The molecule has 0 aliphatic carbocycles. The molecule has 1 N–H and O–H groups in total. The van der Waals surface area contributed by atoms with E-state index in [1.54, 1.807) is 10.7 Å². The van der Waals surface area contributed by atoms with Crippen LogP contribution in [-0.2, 0) is 4.79 Å². The SMILES string of the molecule is Cc1ccc(-n2nc(C(=O)N(C)C(C)(C)C(=O)O)cc2C)cc1. The second kappa shape index (κ2) is 5.87. The number of aliphatic carboxylic acids is 1. The third-order valence-electron chi connectivity index (χ3n) is 4.05. The maximum Gasteiger partial charge on any atom is 0.329 e. The molecule has 0 bridgehead atoms. The van der Waals surface area contributed by atoms with Crippen LogP contribution in [0.4, 0.5) is 0 Å². The summed E-state index contributed by atoms with van der Waals surface area (Å²) in [5, 5.41) is 13.6. The van der Waals surface area contributed by atoms with Crippen LogP contribution in [0, 0.1) is 13.8 Å². The van der Waals surface area contributed by atoms with Gasteiger partial charge < -0.3 is 10.0 Å². The molecule has 1 amide bonds. The Morgan fingerprint density at radius 3 is 2.26 bits per heavy atom. The van der Waals surface area contributed by atoms with Crippen molar-refractivity contribution in [3.63, 3.8) is 0 Å². The molecule has 0 unspecified atom stereocenters. The number of carboxylic acid groups (broad SMARTS) is 1. The van der Waals surface area contributed by atoms with E-state index >= 15 is 0 Å². The van der Waals surface area contributed by atoms with E-state index in [9.17, 15) is 14.7 Å². The van der Waals surface area contributed by atoms with E-state index in [2.05, 4.69) is 5.10 Å². The summed E-state index contributed by atoms with van der Waals surface area (Å²) < 4.78 is 1.67. The predicted molar refractivity (Wildman–Crippen MR) is 86.8 cm³/mol. The van der Waals surface area contributed by atoms with Gasteiger partial charge in [0.2, 0.25) is 0 Å². The number of benzene rings is 1. The number of rotatable bonds is 4. The molecule has 0 saturated carbocycles. The van der Waals surface area contributed by atoms with Crippen molar-refractivity contribution < 1.29 is 14.7 Å². The third kappa shape index (κ3) is 3.11. The maximum absolute atomic E-state index is 12.5. The Hall–Kier alpha value is -2.63. The largest absolute Gasteiger partial charge is 0.480 e. The van der Waals surface area contributed by atoms with E-state index in [-0.39, 0.29) is 5.69 Å². The van der Waals surface area contributed by atoms with Gasteiger partial charge in [-0.25, -0.2) is 9.48 Å². The summed E-state index contributed by atoms with van der Waals surface area (Å²) in [6.07, 6.45) is 0. The van der Waals surface area contributed by atoms with Gasteiger partial charge in [-0.3, -0.25) is 4.79 Å². The van der Waals surface area contributed by atoms with Crippen molar-refractivity contribution in [1.82, 2.24) is 14.7 Å². The van der Waals surface area contributed by atoms with Crippen molar-refractivity contribution in [2.45, 2.75) is 33.2 Å². The van der Waals surface area contributed by atoms with Crippen LogP contribution in [0.15, 0.2) is 30.3 Å². The number of hydrogen-bond donors (Lipinski definition) is 1. The molecule has 1 heterocycles. The molecule has 2 aromatic rings. The van der Waals surface area contributed by atoms with Crippen LogP contribution in [0.1, 0.15) is 35.6 Å². The van der Waals surface area contributed by atoms with E-state index in [1.165, 1.54) is 25.8 Å². The normalized spacial score (nSPS) is 11.3. The summed E-state index contributed by atoms with van der Waals surface area (Å²) in [7, 11) is 1.47. The summed E-state index contributed by atoms with van der Waals surface area (Å²) in [5.41, 5.74) is 1.71. The standard InChI is InChI=1S/C17H21N3O3/c1-11-6-8-13(9-7-11)20-12(2)10-14(18-20)15(21)19(5)17(3,4)16(22)23/h6-10H,1-5H3,(H,22,23). The van der Waals surface area contributed by atoms with Crippen LogP contribution in [0.3, 0.4) is 0 Å². The maximum atomic E-state index is 12.5. The number of carbonyl (C=O) groups excluding carboxylic acids is 1. The molecule has 122 valence electrons. The van der Waals surface area contributed by atoms with Crippen LogP contribution in [0.5, 0.6) is 0 Å². The van der Waals surface area contributed by atoms with Crippen molar-refractivity contribution in [2.75, 3.05) is 7.05 Å². The lowest BCUT2D eigenvalue weighted by atomic mass is 10.0. The van der Waals surface area contributed by atoms with E-state index in [0.717, 1.165) is 16.9 Å². The quantitative estimate of drug-likeness (QED) is 0.940. The zero-order chi connectivity index (χ0) is 17.4. The zero-order valence-electron chi connectivity index (χ0n) is 14.0. The van der Waals surface area contributed by atoms with Crippen LogP contribution < -0.4 is 0 Å². The third-order valence-corrected chi connectivity index (χ3v) is 4.05. The van der Waals surface area contributed by atoms with Gasteiger partial charge in [0.05, 0.1) is 5.69 Å². The Bertz CT molecular complexity index is 745. The Morgan fingerprint density at radius 2 is 1.74 bits per heavy atom. The van der Waals surface area contributed by atoms with Crippen molar-refractivity contribution in [2.24, 2.45) is 0 Å². The molecule has 2 rings (SSSR count). The lowest BCUT2D eigenvalue weighted by Gasteiger charge is -2.30. The average molecular weight is 315 g/mol. The number of aryl methyl sites for hydroxylation is 2.